The number of rotatable bonds is 8. The minimum Gasteiger partial charge on any atom is -0.314 e. The van der Waals surface area contributed by atoms with Crippen molar-refractivity contribution in [2.24, 2.45) is 0 Å². The van der Waals surface area contributed by atoms with E-state index in [9.17, 15) is 4.79 Å². The molecule has 0 aromatic rings. The monoisotopic (exact) mass is 200 g/mol. The van der Waals surface area contributed by atoms with E-state index in [0.29, 0.717) is 6.04 Å². The number of carbonyl (C=O) groups excluding carboxylic acids is 1. The summed E-state index contributed by atoms with van der Waals surface area (Å²) in [5.41, 5.74) is 0. The van der Waals surface area contributed by atoms with Gasteiger partial charge in [0.15, 0.2) is 0 Å². The topological polar surface area (TPSA) is 41.1 Å². The molecule has 14 heavy (non-hydrogen) atoms. The molecule has 0 saturated heterocycles. The summed E-state index contributed by atoms with van der Waals surface area (Å²) in [4.78, 5) is 11.1. The van der Waals surface area contributed by atoms with E-state index in [1.165, 1.54) is 0 Å². The summed E-state index contributed by atoms with van der Waals surface area (Å²) in [6.45, 7) is 6.99. The van der Waals surface area contributed by atoms with Crippen LogP contribution in [0.15, 0.2) is 0 Å². The summed E-state index contributed by atoms with van der Waals surface area (Å²) in [6, 6.07) is 0.620. The molecule has 3 nitrogen and oxygen atoms in total. The van der Waals surface area contributed by atoms with Crippen molar-refractivity contribution in [3.8, 4) is 0 Å². The van der Waals surface area contributed by atoms with Gasteiger partial charge < -0.3 is 10.6 Å². The lowest BCUT2D eigenvalue weighted by Gasteiger charge is -2.14. The molecule has 0 radical (unpaired) electrons. The molecule has 0 aliphatic heterocycles. The van der Waals surface area contributed by atoms with Crippen LogP contribution in [0.1, 0.15) is 40.0 Å². The molecule has 0 amide bonds. The van der Waals surface area contributed by atoms with Gasteiger partial charge in [-0.2, -0.15) is 0 Å². The second-order valence-electron chi connectivity index (χ2n) is 3.86. The van der Waals surface area contributed by atoms with Gasteiger partial charge in [0.05, 0.1) is 6.04 Å². The van der Waals surface area contributed by atoms with E-state index < -0.39 is 0 Å². The Morgan fingerprint density at radius 1 is 1.43 bits per heavy atom. The smallest absolute Gasteiger partial charge is 0.146 e. The van der Waals surface area contributed by atoms with Crippen LogP contribution < -0.4 is 10.6 Å². The Morgan fingerprint density at radius 2 is 2.07 bits per heavy atom. The van der Waals surface area contributed by atoms with E-state index in [0.717, 1.165) is 25.8 Å². The lowest BCUT2D eigenvalue weighted by atomic mass is 10.1. The van der Waals surface area contributed by atoms with Crippen LogP contribution in [0.3, 0.4) is 0 Å². The largest absolute Gasteiger partial charge is 0.314 e. The summed E-state index contributed by atoms with van der Waals surface area (Å²) in [5.74, 6) is 0.232. The molecule has 0 rings (SSSR count). The average molecular weight is 200 g/mol. The van der Waals surface area contributed by atoms with Crippen LogP contribution in [-0.2, 0) is 4.79 Å². The molecule has 2 atom stereocenters. The zero-order valence-electron chi connectivity index (χ0n) is 9.89. The molecule has 0 spiro atoms. The van der Waals surface area contributed by atoms with E-state index in [-0.39, 0.29) is 11.8 Å². The Morgan fingerprint density at radius 3 is 2.50 bits per heavy atom. The Kier molecular flexibility index (Phi) is 7.71. The summed E-state index contributed by atoms with van der Waals surface area (Å²) < 4.78 is 0. The van der Waals surface area contributed by atoms with Gasteiger partial charge in [-0.3, -0.25) is 4.79 Å². The molecule has 2 N–H and O–H groups in total. The number of hydrogen-bond acceptors (Lipinski definition) is 3. The van der Waals surface area contributed by atoms with E-state index in [2.05, 4.69) is 24.5 Å². The Labute approximate surface area is 87.6 Å². The molecule has 0 aromatic heterocycles. The summed E-state index contributed by atoms with van der Waals surface area (Å²) in [6.07, 6.45) is 3.13. The van der Waals surface area contributed by atoms with Crippen LogP contribution in [0.5, 0.6) is 0 Å². The highest BCUT2D eigenvalue weighted by Crippen LogP contribution is 1.98. The molecule has 0 aliphatic carbocycles. The maximum atomic E-state index is 11.1. The standard InChI is InChI=1S/C11H24N2O/c1-5-9(2)13-8-6-7-11(12-4)10(3)14/h9,11-13H,5-8H2,1-4H3/t9?,11-/m0/s1. The fraction of sp³-hybridized carbons (Fsp3) is 0.909. The molecule has 0 bridgehead atoms. The summed E-state index contributed by atoms with van der Waals surface area (Å²) in [5, 5.41) is 6.44. The number of ketones is 1. The normalized spacial score (nSPS) is 15.1. The second-order valence-corrected chi connectivity index (χ2v) is 3.86. The van der Waals surface area contributed by atoms with Crippen molar-refractivity contribution in [2.45, 2.75) is 52.1 Å². The van der Waals surface area contributed by atoms with Crippen molar-refractivity contribution in [3.05, 3.63) is 0 Å². The number of nitrogens with one attached hydrogen (secondary N) is 2. The molecular formula is C11H24N2O. The van der Waals surface area contributed by atoms with Crippen molar-refractivity contribution in [1.82, 2.24) is 10.6 Å². The molecule has 0 heterocycles. The predicted octanol–water partition coefficient (Wildman–Crippen LogP) is 1.33. The lowest BCUT2D eigenvalue weighted by Crippen LogP contribution is -2.34. The average Bonchev–Trinajstić information content (AvgIpc) is 2.16. The third kappa shape index (κ3) is 6.11. The van der Waals surface area contributed by atoms with Gasteiger partial charge in [-0.1, -0.05) is 6.92 Å². The van der Waals surface area contributed by atoms with Crippen molar-refractivity contribution in [2.75, 3.05) is 13.6 Å². The van der Waals surface area contributed by atoms with Crippen molar-refractivity contribution in [1.29, 1.82) is 0 Å². The fourth-order valence-electron chi connectivity index (χ4n) is 1.35. The third-order valence-electron chi connectivity index (χ3n) is 2.61. The Hall–Kier alpha value is -0.410. The van der Waals surface area contributed by atoms with Gasteiger partial charge in [0, 0.05) is 6.04 Å². The van der Waals surface area contributed by atoms with Crippen molar-refractivity contribution < 1.29 is 4.79 Å². The molecule has 0 aromatic carbocycles. The fourth-order valence-corrected chi connectivity index (χ4v) is 1.35. The number of hydrogen-bond donors (Lipinski definition) is 2. The number of carbonyl (C=O) groups is 1. The first-order valence-corrected chi connectivity index (χ1v) is 5.52. The van der Waals surface area contributed by atoms with Gasteiger partial charge in [-0.25, -0.2) is 0 Å². The molecular weight excluding hydrogens is 176 g/mol. The molecule has 0 saturated carbocycles. The van der Waals surface area contributed by atoms with E-state index in [4.69, 9.17) is 0 Å². The zero-order valence-corrected chi connectivity index (χ0v) is 9.89. The maximum absolute atomic E-state index is 11.1. The van der Waals surface area contributed by atoms with Crippen LogP contribution in [0.25, 0.3) is 0 Å². The van der Waals surface area contributed by atoms with E-state index >= 15 is 0 Å². The van der Waals surface area contributed by atoms with Gasteiger partial charge >= 0.3 is 0 Å². The molecule has 0 aliphatic rings. The minimum absolute atomic E-state index is 0.0359. The van der Waals surface area contributed by atoms with E-state index in [1.54, 1.807) is 6.92 Å². The van der Waals surface area contributed by atoms with Gasteiger partial charge in [0.1, 0.15) is 5.78 Å². The van der Waals surface area contributed by atoms with Crippen LogP contribution in [-0.4, -0.2) is 31.5 Å². The first-order valence-electron chi connectivity index (χ1n) is 5.52. The first kappa shape index (κ1) is 13.6. The zero-order chi connectivity index (χ0) is 11.0. The highest BCUT2D eigenvalue weighted by molar-refractivity contribution is 5.81. The predicted molar refractivity (Wildman–Crippen MR) is 60.5 cm³/mol. The molecule has 1 unspecified atom stereocenters. The summed E-state index contributed by atoms with van der Waals surface area (Å²) in [7, 11) is 1.84. The maximum Gasteiger partial charge on any atom is 0.146 e. The Balaban J connectivity index is 3.47. The SMILES string of the molecule is CCC(C)NCCC[C@H](NC)C(C)=O. The van der Waals surface area contributed by atoms with Crippen molar-refractivity contribution >= 4 is 5.78 Å². The van der Waals surface area contributed by atoms with Crippen molar-refractivity contribution in [3.63, 3.8) is 0 Å². The van der Waals surface area contributed by atoms with Gasteiger partial charge in [0.25, 0.3) is 0 Å². The van der Waals surface area contributed by atoms with Crippen LogP contribution in [0.2, 0.25) is 0 Å². The lowest BCUT2D eigenvalue weighted by molar-refractivity contribution is -0.119. The van der Waals surface area contributed by atoms with Gasteiger partial charge in [-0.05, 0) is 46.7 Å². The third-order valence-corrected chi connectivity index (χ3v) is 2.61. The highest BCUT2D eigenvalue weighted by Gasteiger charge is 2.10. The molecule has 3 heteroatoms. The quantitative estimate of drug-likeness (QED) is 0.581. The van der Waals surface area contributed by atoms with E-state index in [1.807, 2.05) is 7.05 Å². The van der Waals surface area contributed by atoms with Gasteiger partial charge in [0.2, 0.25) is 0 Å². The van der Waals surface area contributed by atoms with Gasteiger partial charge in [-0.15, -0.1) is 0 Å². The van der Waals surface area contributed by atoms with Crippen LogP contribution >= 0.6 is 0 Å². The summed E-state index contributed by atoms with van der Waals surface area (Å²) >= 11 is 0. The number of likely N-dealkylation sites (N-methyl/N-ethyl adjacent to an activating group) is 1. The Bertz CT molecular complexity index is 159. The molecule has 0 fully saturated rings. The minimum atomic E-state index is 0.0359. The second kappa shape index (κ2) is 7.94. The molecule has 84 valence electrons. The number of Topliss-reactive ketones (excluding diaryl/α,β-unsaturated/α-hetero) is 1. The first-order chi connectivity index (χ1) is 6.61. The highest BCUT2D eigenvalue weighted by atomic mass is 16.1. The van der Waals surface area contributed by atoms with Crippen LogP contribution in [0.4, 0.5) is 0 Å². The van der Waals surface area contributed by atoms with Crippen LogP contribution in [0, 0.1) is 0 Å².